The minimum Gasteiger partial charge on any atom is -0.497 e. The van der Waals surface area contributed by atoms with Crippen molar-refractivity contribution in [3.8, 4) is 5.75 Å². The van der Waals surface area contributed by atoms with E-state index in [0.29, 0.717) is 19.5 Å². The molecule has 20 heavy (non-hydrogen) atoms. The van der Waals surface area contributed by atoms with Crippen LogP contribution in [0, 0.1) is 11.8 Å². The van der Waals surface area contributed by atoms with E-state index in [9.17, 15) is 4.79 Å². The van der Waals surface area contributed by atoms with Gasteiger partial charge in [-0.1, -0.05) is 18.2 Å². The molecule has 1 aromatic carbocycles. The Morgan fingerprint density at radius 1 is 1.45 bits per heavy atom. The number of ether oxygens (including phenoxy) is 1. The first kappa shape index (κ1) is 14.6. The number of nitrogens with two attached hydrogens (primary N) is 1. The van der Waals surface area contributed by atoms with Crippen molar-refractivity contribution in [3.05, 3.63) is 42.5 Å². The van der Waals surface area contributed by atoms with E-state index in [1.807, 2.05) is 35.2 Å². The van der Waals surface area contributed by atoms with Gasteiger partial charge in [0.1, 0.15) is 5.75 Å². The van der Waals surface area contributed by atoms with E-state index in [-0.39, 0.29) is 17.7 Å². The Morgan fingerprint density at radius 2 is 2.15 bits per heavy atom. The van der Waals surface area contributed by atoms with Crippen LogP contribution in [-0.4, -0.2) is 31.0 Å². The molecule has 1 aromatic rings. The Hall–Kier alpha value is -1.81. The van der Waals surface area contributed by atoms with E-state index in [1.165, 1.54) is 0 Å². The molecule has 0 bridgehead atoms. The van der Waals surface area contributed by atoms with E-state index in [0.717, 1.165) is 17.9 Å². The number of benzene rings is 1. The first-order valence-electron chi connectivity index (χ1n) is 6.92. The van der Waals surface area contributed by atoms with Crippen molar-refractivity contribution >= 4 is 5.91 Å². The van der Waals surface area contributed by atoms with Crippen LogP contribution in [0.4, 0.5) is 0 Å². The molecular weight excluding hydrogens is 252 g/mol. The maximum Gasteiger partial charge on any atom is 0.226 e. The minimum absolute atomic E-state index is 0.00394. The van der Waals surface area contributed by atoms with E-state index in [2.05, 4.69) is 6.58 Å². The second kappa shape index (κ2) is 6.57. The molecule has 2 N–H and O–H groups in total. The number of rotatable bonds is 6. The standard InChI is InChI=1S/C16H22N2O2/c1-3-4-15-13(9-17)11-18(16(15)19)10-12-5-7-14(20-2)8-6-12/h3,5-8,13,15H,1,4,9-11,17H2,2H3. The summed E-state index contributed by atoms with van der Waals surface area (Å²) in [5.41, 5.74) is 6.89. The van der Waals surface area contributed by atoms with Crippen LogP contribution in [0.5, 0.6) is 5.75 Å². The number of carbonyl (C=O) groups is 1. The van der Waals surface area contributed by atoms with Crippen molar-refractivity contribution in [1.82, 2.24) is 4.90 Å². The lowest BCUT2D eigenvalue weighted by Crippen LogP contribution is -2.26. The summed E-state index contributed by atoms with van der Waals surface area (Å²) in [6.45, 7) is 5.64. The molecule has 0 spiro atoms. The molecule has 108 valence electrons. The summed E-state index contributed by atoms with van der Waals surface area (Å²) in [6, 6.07) is 7.81. The fourth-order valence-corrected chi connectivity index (χ4v) is 2.74. The molecule has 1 fully saturated rings. The molecule has 0 aromatic heterocycles. The molecular formula is C16H22N2O2. The topological polar surface area (TPSA) is 55.6 Å². The number of carbonyl (C=O) groups excluding carboxylic acids is 1. The maximum atomic E-state index is 12.4. The van der Waals surface area contributed by atoms with Crippen LogP contribution in [0.25, 0.3) is 0 Å². The summed E-state index contributed by atoms with van der Waals surface area (Å²) >= 11 is 0. The molecule has 2 unspecified atom stereocenters. The summed E-state index contributed by atoms with van der Waals surface area (Å²) in [4.78, 5) is 14.3. The van der Waals surface area contributed by atoms with Gasteiger partial charge in [-0.3, -0.25) is 4.79 Å². The summed E-state index contributed by atoms with van der Waals surface area (Å²) in [5.74, 6) is 1.25. The molecule has 1 aliphatic rings. The van der Waals surface area contributed by atoms with Crippen molar-refractivity contribution in [1.29, 1.82) is 0 Å². The Kier molecular flexibility index (Phi) is 4.79. The quantitative estimate of drug-likeness (QED) is 0.805. The fraction of sp³-hybridized carbons (Fsp3) is 0.438. The van der Waals surface area contributed by atoms with Gasteiger partial charge < -0.3 is 15.4 Å². The third-order valence-corrected chi connectivity index (χ3v) is 3.91. The molecule has 1 aliphatic heterocycles. The van der Waals surface area contributed by atoms with Crippen LogP contribution in [0.3, 0.4) is 0 Å². The number of hydrogen-bond donors (Lipinski definition) is 1. The highest BCUT2D eigenvalue weighted by molar-refractivity contribution is 5.81. The zero-order valence-corrected chi connectivity index (χ0v) is 11.9. The van der Waals surface area contributed by atoms with Gasteiger partial charge in [-0.15, -0.1) is 6.58 Å². The van der Waals surface area contributed by atoms with Crippen molar-refractivity contribution < 1.29 is 9.53 Å². The van der Waals surface area contributed by atoms with Crippen LogP contribution in [0.2, 0.25) is 0 Å². The molecule has 2 rings (SSSR count). The van der Waals surface area contributed by atoms with Crippen molar-refractivity contribution in [2.75, 3.05) is 20.2 Å². The molecule has 1 heterocycles. The summed E-state index contributed by atoms with van der Waals surface area (Å²) in [7, 11) is 1.64. The van der Waals surface area contributed by atoms with Crippen LogP contribution in [0.1, 0.15) is 12.0 Å². The Bertz CT molecular complexity index is 470. The Labute approximate surface area is 120 Å². The smallest absolute Gasteiger partial charge is 0.226 e. The largest absolute Gasteiger partial charge is 0.497 e. The summed E-state index contributed by atoms with van der Waals surface area (Å²) in [5, 5.41) is 0. The monoisotopic (exact) mass is 274 g/mol. The van der Waals surface area contributed by atoms with Gasteiger partial charge in [0.15, 0.2) is 0 Å². The highest BCUT2D eigenvalue weighted by Gasteiger charge is 2.38. The lowest BCUT2D eigenvalue weighted by atomic mass is 9.93. The van der Waals surface area contributed by atoms with Gasteiger partial charge in [-0.25, -0.2) is 0 Å². The van der Waals surface area contributed by atoms with Crippen LogP contribution in [-0.2, 0) is 11.3 Å². The zero-order chi connectivity index (χ0) is 14.5. The van der Waals surface area contributed by atoms with Gasteiger partial charge in [-0.2, -0.15) is 0 Å². The first-order chi connectivity index (χ1) is 9.69. The first-order valence-corrected chi connectivity index (χ1v) is 6.92. The van der Waals surface area contributed by atoms with Gasteiger partial charge in [0.2, 0.25) is 5.91 Å². The average molecular weight is 274 g/mol. The van der Waals surface area contributed by atoms with Gasteiger partial charge in [-0.05, 0) is 30.7 Å². The molecule has 4 nitrogen and oxygen atoms in total. The van der Waals surface area contributed by atoms with Crippen LogP contribution < -0.4 is 10.5 Å². The third kappa shape index (κ3) is 3.02. The molecule has 0 aliphatic carbocycles. The lowest BCUT2D eigenvalue weighted by Gasteiger charge is -2.16. The number of allylic oxidation sites excluding steroid dienone is 1. The van der Waals surface area contributed by atoms with Gasteiger partial charge in [0.25, 0.3) is 0 Å². The molecule has 4 heteroatoms. The third-order valence-electron chi connectivity index (χ3n) is 3.91. The molecule has 1 amide bonds. The Balaban J connectivity index is 2.05. The second-order valence-electron chi connectivity index (χ2n) is 5.19. The highest BCUT2D eigenvalue weighted by Crippen LogP contribution is 2.28. The van der Waals surface area contributed by atoms with Crippen LogP contribution in [0.15, 0.2) is 36.9 Å². The molecule has 2 atom stereocenters. The highest BCUT2D eigenvalue weighted by atomic mass is 16.5. The molecule has 0 saturated carbocycles. The average Bonchev–Trinajstić information content (AvgIpc) is 2.77. The van der Waals surface area contributed by atoms with Crippen LogP contribution >= 0.6 is 0 Å². The lowest BCUT2D eigenvalue weighted by molar-refractivity contribution is -0.131. The van der Waals surface area contributed by atoms with Gasteiger partial charge in [0.05, 0.1) is 7.11 Å². The zero-order valence-electron chi connectivity index (χ0n) is 11.9. The van der Waals surface area contributed by atoms with Gasteiger partial charge >= 0.3 is 0 Å². The van der Waals surface area contributed by atoms with E-state index >= 15 is 0 Å². The molecule has 1 saturated heterocycles. The second-order valence-corrected chi connectivity index (χ2v) is 5.19. The summed E-state index contributed by atoms with van der Waals surface area (Å²) < 4.78 is 5.14. The maximum absolute atomic E-state index is 12.4. The van der Waals surface area contributed by atoms with Crippen molar-refractivity contribution in [3.63, 3.8) is 0 Å². The molecule has 0 radical (unpaired) electrons. The van der Waals surface area contributed by atoms with E-state index < -0.39 is 0 Å². The predicted octanol–water partition coefficient (Wildman–Crippen LogP) is 1.80. The normalized spacial score (nSPS) is 22.1. The minimum atomic E-state index is -0.00394. The number of methoxy groups -OCH3 is 1. The van der Waals surface area contributed by atoms with E-state index in [4.69, 9.17) is 10.5 Å². The van der Waals surface area contributed by atoms with E-state index in [1.54, 1.807) is 7.11 Å². The number of amides is 1. The fourth-order valence-electron chi connectivity index (χ4n) is 2.74. The van der Waals surface area contributed by atoms with Crippen molar-refractivity contribution in [2.45, 2.75) is 13.0 Å². The Morgan fingerprint density at radius 3 is 2.70 bits per heavy atom. The SMILES string of the molecule is C=CCC1C(=O)N(Cc2ccc(OC)cc2)CC1CN. The summed E-state index contributed by atoms with van der Waals surface area (Å²) in [6.07, 6.45) is 2.52. The number of nitrogens with zero attached hydrogens (tertiary/aromatic N) is 1. The van der Waals surface area contributed by atoms with Crippen molar-refractivity contribution in [2.24, 2.45) is 17.6 Å². The number of hydrogen-bond acceptors (Lipinski definition) is 3. The van der Waals surface area contributed by atoms with Gasteiger partial charge in [0, 0.05) is 24.9 Å². The number of likely N-dealkylation sites (tertiary alicyclic amines) is 1. The predicted molar refractivity (Wildman–Crippen MR) is 79.3 cm³/mol.